The molecule has 0 bridgehead atoms. The number of aromatic nitrogens is 6. The van der Waals surface area contributed by atoms with Crippen LogP contribution in [0.2, 0.25) is 0 Å². The molecule has 0 saturated carbocycles. The Balaban J connectivity index is 1.37. The van der Waals surface area contributed by atoms with Crippen molar-refractivity contribution in [3.8, 4) is 5.82 Å². The topological polar surface area (TPSA) is 106 Å². The number of nitrogens with zero attached hydrogens (tertiary/aromatic N) is 7. The van der Waals surface area contributed by atoms with Crippen LogP contribution in [0.15, 0.2) is 61.4 Å². The molecule has 2 aliphatic rings. The van der Waals surface area contributed by atoms with E-state index in [1.165, 1.54) is 0 Å². The number of ether oxygens (including phenoxy) is 1. The first-order valence-electron chi connectivity index (χ1n) is 12.5. The monoisotopic (exact) mass is 497 g/mol. The maximum Gasteiger partial charge on any atom is 0.229 e. The van der Waals surface area contributed by atoms with Gasteiger partial charge in [0, 0.05) is 36.1 Å². The molecule has 4 aromatic rings. The quantitative estimate of drug-likeness (QED) is 0.410. The van der Waals surface area contributed by atoms with Crippen molar-refractivity contribution < 1.29 is 4.74 Å². The summed E-state index contributed by atoms with van der Waals surface area (Å²) in [6.45, 7) is 7.84. The molecule has 10 heteroatoms. The SMILES string of the molecule is CNCc1cccc(N2c3nc(Nc4ccc(-n5ccnc5)nc4)ncc3[C@@]3(C)COC(C)(C)C[C@@H]23)n1. The highest BCUT2D eigenvalue weighted by molar-refractivity contribution is 5.71. The van der Waals surface area contributed by atoms with Crippen LogP contribution >= 0.6 is 0 Å². The third-order valence-corrected chi connectivity index (χ3v) is 7.28. The Hall–Kier alpha value is -3.89. The molecule has 6 rings (SSSR count). The molecule has 4 aromatic heterocycles. The largest absolute Gasteiger partial charge is 0.374 e. The second-order valence-corrected chi connectivity index (χ2v) is 10.5. The van der Waals surface area contributed by atoms with E-state index in [4.69, 9.17) is 14.7 Å². The summed E-state index contributed by atoms with van der Waals surface area (Å²) in [6, 6.07) is 10.2. The van der Waals surface area contributed by atoms with Crippen molar-refractivity contribution in [2.75, 3.05) is 23.9 Å². The van der Waals surface area contributed by atoms with Gasteiger partial charge in [-0.05, 0) is 51.6 Å². The Morgan fingerprint density at radius 3 is 2.70 bits per heavy atom. The number of hydrogen-bond acceptors (Lipinski definition) is 9. The van der Waals surface area contributed by atoms with Gasteiger partial charge in [0.05, 0.1) is 35.8 Å². The summed E-state index contributed by atoms with van der Waals surface area (Å²) < 4.78 is 8.17. The number of pyridine rings is 2. The van der Waals surface area contributed by atoms with Crippen molar-refractivity contribution in [2.24, 2.45) is 0 Å². The number of fused-ring (bicyclic) bond motifs is 3. The molecule has 0 amide bonds. The first-order chi connectivity index (χ1) is 17.9. The van der Waals surface area contributed by atoms with Crippen LogP contribution in [0.4, 0.5) is 23.3 Å². The van der Waals surface area contributed by atoms with Crippen LogP contribution in [0.3, 0.4) is 0 Å². The van der Waals surface area contributed by atoms with Crippen molar-refractivity contribution in [3.63, 3.8) is 0 Å². The van der Waals surface area contributed by atoms with E-state index >= 15 is 0 Å². The fraction of sp³-hybridized carbons (Fsp3) is 0.370. The minimum atomic E-state index is -0.252. The van der Waals surface area contributed by atoms with Gasteiger partial charge in [0.15, 0.2) is 0 Å². The van der Waals surface area contributed by atoms with Gasteiger partial charge in [-0.1, -0.05) is 13.0 Å². The lowest BCUT2D eigenvalue weighted by atomic mass is 9.73. The summed E-state index contributed by atoms with van der Waals surface area (Å²) >= 11 is 0. The summed E-state index contributed by atoms with van der Waals surface area (Å²) in [5.41, 5.74) is 2.36. The van der Waals surface area contributed by atoms with E-state index in [2.05, 4.69) is 63.4 Å². The van der Waals surface area contributed by atoms with Gasteiger partial charge in [0.2, 0.25) is 5.95 Å². The molecular weight excluding hydrogens is 466 g/mol. The highest BCUT2D eigenvalue weighted by Gasteiger charge is 2.55. The van der Waals surface area contributed by atoms with Crippen molar-refractivity contribution in [1.29, 1.82) is 0 Å². The molecule has 10 nitrogen and oxygen atoms in total. The summed E-state index contributed by atoms with van der Waals surface area (Å²) in [5, 5.41) is 6.52. The standard InChI is InChI=1S/C27H31N9O/c1-26(2)12-21-27(3,16-37-26)20-15-31-25(33-19-8-9-22(30-14-19)35-11-10-29-17-35)34-24(20)36(21)23-7-5-6-18(32-23)13-28-4/h5-11,14-15,17,21,28H,12-13,16H2,1-4H3,(H,31,33,34)/t21-,27-/m1/s1. The molecule has 0 unspecified atom stereocenters. The second-order valence-electron chi connectivity index (χ2n) is 10.5. The van der Waals surface area contributed by atoms with E-state index in [1.807, 2.05) is 42.2 Å². The second kappa shape index (κ2) is 8.89. The van der Waals surface area contributed by atoms with Crippen LogP contribution in [-0.4, -0.2) is 54.8 Å². The van der Waals surface area contributed by atoms with Crippen LogP contribution in [0, 0.1) is 0 Å². The number of anilines is 4. The fourth-order valence-corrected chi connectivity index (χ4v) is 5.28. The van der Waals surface area contributed by atoms with Crippen LogP contribution in [0.25, 0.3) is 5.82 Å². The minimum absolute atomic E-state index is 0.143. The van der Waals surface area contributed by atoms with E-state index < -0.39 is 0 Å². The molecule has 190 valence electrons. The van der Waals surface area contributed by atoms with E-state index in [-0.39, 0.29) is 17.1 Å². The zero-order valence-electron chi connectivity index (χ0n) is 21.5. The van der Waals surface area contributed by atoms with E-state index in [0.717, 1.165) is 40.8 Å². The van der Waals surface area contributed by atoms with Gasteiger partial charge in [-0.25, -0.2) is 19.9 Å². The van der Waals surface area contributed by atoms with E-state index in [9.17, 15) is 0 Å². The average molecular weight is 498 g/mol. The number of rotatable bonds is 6. The zero-order chi connectivity index (χ0) is 25.6. The third-order valence-electron chi connectivity index (χ3n) is 7.28. The number of hydrogen-bond donors (Lipinski definition) is 2. The Labute approximate surface area is 216 Å². The third kappa shape index (κ3) is 4.21. The summed E-state index contributed by atoms with van der Waals surface area (Å²) in [5.74, 6) is 3.05. The van der Waals surface area contributed by atoms with Gasteiger partial charge in [0.1, 0.15) is 23.8 Å². The highest BCUT2D eigenvalue weighted by atomic mass is 16.5. The predicted molar refractivity (Wildman–Crippen MR) is 142 cm³/mol. The smallest absolute Gasteiger partial charge is 0.229 e. The molecule has 1 saturated heterocycles. The molecule has 37 heavy (non-hydrogen) atoms. The predicted octanol–water partition coefficient (Wildman–Crippen LogP) is 3.89. The Bertz CT molecular complexity index is 1400. The Morgan fingerprint density at radius 1 is 1.05 bits per heavy atom. The van der Waals surface area contributed by atoms with E-state index in [0.29, 0.717) is 19.1 Å². The summed E-state index contributed by atoms with van der Waals surface area (Å²) in [6.07, 6.45) is 9.86. The average Bonchev–Trinajstić information content (AvgIpc) is 3.50. The van der Waals surface area contributed by atoms with Gasteiger partial charge in [-0.3, -0.25) is 4.57 Å². The molecule has 0 aliphatic carbocycles. The fourth-order valence-electron chi connectivity index (χ4n) is 5.28. The first-order valence-corrected chi connectivity index (χ1v) is 12.5. The number of nitrogens with one attached hydrogen (secondary N) is 2. The van der Waals surface area contributed by atoms with Crippen molar-refractivity contribution >= 4 is 23.3 Å². The van der Waals surface area contributed by atoms with Gasteiger partial charge in [0.25, 0.3) is 0 Å². The maximum absolute atomic E-state index is 6.31. The van der Waals surface area contributed by atoms with Gasteiger partial charge >= 0.3 is 0 Å². The van der Waals surface area contributed by atoms with Crippen LogP contribution in [0.1, 0.15) is 38.4 Å². The first kappa shape index (κ1) is 23.5. The molecule has 1 fully saturated rings. The van der Waals surface area contributed by atoms with Crippen LogP contribution in [0.5, 0.6) is 0 Å². The highest BCUT2D eigenvalue weighted by Crippen LogP contribution is 2.52. The molecule has 0 spiro atoms. The maximum atomic E-state index is 6.31. The Morgan fingerprint density at radius 2 is 1.95 bits per heavy atom. The van der Waals surface area contributed by atoms with Gasteiger partial charge in [-0.2, -0.15) is 4.98 Å². The van der Waals surface area contributed by atoms with Crippen LogP contribution < -0.4 is 15.5 Å². The Kier molecular flexibility index (Phi) is 5.65. The van der Waals surface area contributed by atoms with Gasteiger partial charge < -0.3 is 20.3 Å². The van der Waals surface area contributed by atoms with Crippen molar-refractivity contribution in [3.05, 3.63) is 72.7 Å². The summed E-state index contributed by atoms with van der Waals surface area (Å²) in [7, 11) is 1.93. The number of imidazole rings is 1. The molecular formula is C27H31N9O. The molecule has 6 heterocycles. The molecule has 0 aromatic carbocycles. The van der Waals surface area contributed by atoms with Gasteiger partial charge in [-0.15, -0.1) is 0 Å². The van der Waals surface area contributed by atoms with Crippen molar-refractivity contribution in [2.45, 2.75) is 50.8 Å². The lowest BCUT2D eigenvalue weighted by Gasteiger charge is -2.46. The van der Waals surface area contributed by atoms with E-state index in [1.54, 1.807) is 18.7 Å². The summed E-state index contributed by atoms with van der Waals surface area (Å²) in [4.78, 5) is 25.6. The molecule has 2 aliphatic heterocycles. The molecule has 2 atom stereocenters. The molecule has 2 N–H and O–H groups in total. The lowest BCUT2D eigenvalue weighted by molar-refractivity contribution is -0.0893. The van der Waals surface area contributed by atoms with Crippen LogP contribution in [-0.2, 0) is 16.7 Å². The lowest BCUT2D eigenvalue weighted by Crippen LogP contribution is -2.54. The van der Waals surface area contributed by atoms with Crippen molar-refractivity contribution in [1.82, 2.24) is 34.8 Å². The zero-order valence-corrected chi connectivity index (χ0v) is 21.5. The molecule has 0 radical (unpaired) electrons. The normalized spacial score (nSPS) is 21.9. The minimum Gasteiger partial charge on any atom is -0.374 e.